The molecule has 0 atom stereocenters. The molecule has 0 saturated heterocycles. The molecule has 0 aliphatic carbocycles. The van der Waals surface area contributed by atoms with Gasteiger partial charge >= 0.3 is 0 Å². The molecule has 8 N–H and O–H groups in total. The monoisotopic (exact) mass is 442 g/mol. The first-order valence-electron chi connectivity index (χ1n) is 8.67. The van der Waals surface area contributed by atoms with E-state index in [4.69, 9.17) is 32.6 Å². The van der Waals surface area contributed by atoms with Crippen LogP contribution in [0.5, 0.6) is 11.5 Å². The summed E-state index contributed by atoms with van der Waals surface area (Å²) < 4.78 is 11.4. The zero-order valence-corrected chi connectivity index (χ0v) is 17.6. The number of hydrazone groups is 2. The molecule has 8 nitrogen and oxygen atoms in total. The Morgan fingerprint density at radius 2 is 0.966 bits per heavy atom. The molecule has 0 spiro atoms. The summed E-state index contributed by atoms with van der Waals surface area (Å²) in [5.74, 6) is 12.5. The summed E-state index contributed by atoms with van der Waals surface area (Å²) in [7, 11) is 0. The minimum atomic E-state index is 0. The standard InChI is InChI=1S/C19H26N6O2.2ClH/c20-18(24-22)14-4-8-16(9-5-14)26-12-2-1-3-13-27-17-10-6-15(7-11-17)19(21)25-23;;/h4-11H,1-3,12-13,22-23H2,(H2,20,24)(H2,21,25);2*1H. The number of amidine groups is 2. The van der Waals surface area contributed by atoms with E-state index in [0.29, 0.717) is 24.9 Å². The van der Waals surface area contributed by atoms with E-state index >= 15 is 0 Å². The van der Waals surface area contributed by atoms with Crippen molar-refractivity contribution in [1.82, 2.24) is 0 Å². The molecule has 0 radical (unpaired) electrons. The number of ether oxygens (including phenoxy) is 2. The van der Waals surface area contributed by atoms with Crippen LogP contribution in [0.25, 0.3) is 0 Å². The van der Waals surface area contributed by atoms with Crippen molar-refractivity contribution >= 4 is 36.5 Å². The Morgan fingerprint density at radius 1 is 0.621 bits per heavy atom. The third-order valence-electron chi connectivity index (χ3n) is 3.90. The van der Waals surface area contributed by atoms with Crippen molar-refractivity contribution in [3.05, 3.63) is 59.7 Å². The Bertz CT molecular complexity index is 702. The molecule has 0 aliphatic heterocycles. The highest BCUT2D eigenvalue weighted by molar-refractivity contribution is 5.97. The van der Waals surface area contributed by atoms with Gasteiger partial charge in [0.05, 0.1) is 13.2 Å². The van der Waals surface area contributed by atoms with Crippen molar-refractivity contribution in [3.63, 3.8) is 0 Å². The second-order valence-electron chi connectivity index (χ2n) is 5.84. The van der Waals surface area contributed by atoms with Gasteiger partial charge in [0.1, 0.15) is 23.2 Å². The largest absolute Gasteiger partial charge is 0.494 e. The zero-order valence-electron chi connectivity index (χ0n) is 16.0. The van der Waals surface area contributed by atoms with Gasteiger partial charge in [-0.15, -0.1) is 24.8 Å². The van der Waals surface area contributed by atoms with E-state index in [2.05, 4.69) is 10.2 Å². The average molecular weight is 443 g/mol. The minimum absolute atomic E-state index is 0. The lowest BCUT2D eigenvalue weighted by molar-refractivity contribution is 0.279. The second-order valence-corrected chi connectivity index (χ2v) is 5.84. The highest BCUT2D eigenvalue weighted by Crippen LogP contribution is 2.14. The topological polar surface area (TPSA) is 147 Å². The number of nitrogens with two attached hydrogens (primary N) is 4. The molecule has 2 aromatic rings. The van der Waals surface area contributed by atoms with Crippen molar-refractivity contribution in [2.45, 2.75) is 19.3 Å². The summed E-state index contributed by atoms with van der Waals surface area (Å²) in [6, 6.07) is 14.7. The van der Waals surface area contributed by atoms with Crippen LogP contribution in [0.4, 0.5) is 0 Å². The Balaban J connectivity index is 0.00000392. The fourth-order valence-corrected chi connectivity index (χ4v) is 2.35. The zero-order chi connectivity index (χ0) is 19.5. The van der Waals surface area contributed by atoms with Crippen LogP contribution in [-0.4, -0.2) is 24.9 Å². The van der Waals surface area contributed by atoms with Crippen LogP contribution in [0, 0.1) is 0 Å². The predicted octanol–water partition coefficient (Wildman–Crippen LogP) is 2.32. The Labute approximate surface area is 183 Å². The number of unbranched alkanes of at least 4 members (excludes halogenated alkanes) is 2. The maximum atomic E-state index is 5.70. The van der Waals surface area contributed by atoms with Gasteiger partial charge in [-0.25, -0.2) is 0 Å². The SMILES string of the molecule is Cl.Cl.N/N=C(\N)c1ccc(OCCCCCOc2ccc(/C(N)=N/N)cc2)cc1. The molecule has 2 aromatic carbocycles. The van der Waals surface area contributed by atoms with E-state index in [0.717, 1.165) is 41.9 Å². The molecule has 160 valence electrons. The van der Waals surface area contributed by atoms with Gasteiger partial charge in [-0.2, -0.15) is 10.2 Å². The summed E-state index contributed by atoms with van der Waals surface area (Å²) in [4.78, 5) is 0. The van der Waals surface area contributed by atoms with Gasteiger partial charge in [0.2, 0.25) is 0 Å². The molecule has 29 heavy (non-hydrogen) atoms. The molecule has 0 unspecified atom stereocenters. The van der Waals surface area contributed by atoms with E-state index in [1.54, 1.807) is 0 Å². The summed E-state index contributed by atoms with van der Waals surface area (Å²) in [5, 5.41) is 6.91. The number of halogens is 2. The van der Waals surface area contributed by atoms with E-state index < -0.39 is 0 Å². The number of benzene rings is 2. The molecule has 2 rings (SSSR count). The van der Waals surface area contributed by atoms with Crippen LogP contribution in [0.15, 0.2) is 58.7 Å². The summed E-state index contributed by atoms with van der Waals surface area (Å²) in [6.07, 6.45) is 2.90. The quantitative estimate of drug-likeness (QED) is 0.146. The van der Waals surface area contributed by atoms with Gasteiger partial charge < -0.3 is 32.6 Å². The molecular formula is C19H28Cl2N6O2. The molecule has 0 aromatic heterocycles. The number of hydrogen-bond acceptors (Lipinski definition) is 6. The first kappa shape index (κ1) is 26.2. The van der Waals surface area contributed by atoms with Gasteiger partial charge in [-0.05, 0) is 67.8 Å². The Morgan fingerprint density at radius 3 is 1.28 bits per heavy atom. The van der Waals surface area contributed by atoms with Gasteiger partial charge in [-0.1, -0.05) is 0 Å². The molecular weight excluding hydrogens is 415 g/mol. The first-order chi connectivity index (χ1) is 13.1. The average Bonchev–Trinajstić information content (AvgIpc) is 2.72. The van der Waals surface area contributed by atoms with Gasteiger partial charge in [-0.3, -0.25) is 0 Å². The van der Waals surface area contributed by atoms with E-state index in [1.165, 1.54) is 0 Å². The molecule has 0 saturated carbocycles. The molecule has 0 bridgehead atoms. The van der Waals surface area contributed by atoms with Gasteiger partial charge in [0.15, 0.2) is 0 Å². The van der Waals surface area contributed by atoms with Crippen molar-refractivity contribution in [2.75, 3.05) is 13.2 Å². The predicted molar refractivity (Wildman–Crippen MR) is 122 cm³/mol. The lowest BCUT2D eigenvalue weighted by atomic mass is 10.2. The maximum Gasteiger partial charge on any atom is 0.150 e. The van der Waals surface area contributed by atoms with Crippen molar-refractivity contribution in [2.24, 2.45) is 33.4 Å². The van der Waals surface area contributed by atoms with Crippen LogP contribution >= 0.6 is 24.8 Å². The van der Waals surface area contributed by atoms with Crippen molar-refractivity contribution in [3.8, 4) is 11.5 Å². The van der Waals surface area contributed by atoms with Crippen LogP contribution in [0.3, 0.4) is 0 Å². The molecule has 0 fully saturated rings. The van der Waals surface area contributed by atoms with Crippen LogP contribution in [-0.2, 0) is 0 Å². The minimum Gasteiger partial charge on any atom is -0.494 e. The molecule has 10 heteroatoms. The number of rotatable bonds is 10. The highest BCUT2D eigenvalue weighted by Gasteiger charge is 2.01. The van der Waals surface area contributed by atoms with E-state index in [1.807, 2.05) is 48.5 Å². The lowest BCUT2D eigenvalue weighted by Gasteiger charge is -2.08. The van der Waals surface area contributed by atoms with Gasteiger partial charge in [0, 0.05) is 11.1 Å². The fraction of sp³-hybridized carbons (Fsp3) is 0.263. The number of nitrogens with zero attached hydrogens (tertiary/aromatic N) is 2. The number of hydrogen-bond donors (Lipinski definition) is 4. The second kappa shape index (κ2) is 14.2. The summed E-state index contributed by atoms with van der Waals surface area (Å²) in [5.41, 5.74) is 12.8. The van der Waals surface area contributed by atoms with Crippen LogP contribution in [0.1, 0.15) is 30.4 Å². The third-order valence-corrected chi connectivity index (χ3v) is 3.90. The molecule has 0 aliphatic rings. The summed E-state index contributed by atoms with van der Waals surface area (Å²) in [6.45, 7) is 1.29. The smallest absolute Gasteiger partial charge is 0.150 e. The van der Waals surface area contributed by atoms with E-state index in [-0.39, 0.29) is 24.8 Å². The summed E-state index contributed by atoms with van der Waals surface area (Å²) >= 11 is 0. The molecule has 0 amide bonds. The molecule has 0 heterocycles. The normalized spacial score (nSPS) is 11.2. The third kappa shape index (κ3) is 8.80. The maximum absolute atomic E-state index is 5.70. The van der Waals surface area contributed by atoms with Crippen LogP contribution < -0.4 is 32.6 Å². The van der Waals surface area contributed by atoms with Gasteiger partial charge in [0.25, 0.3) is 0 Å². The lowest BCUT2D eigenvalue weighted by Crippen LogP contribution is -2.15. The van der Waals surface area contributed by atoms with E-state index in [9.17, 15) is 0 Å². The Kier molecular flexibility index (Phi) is 12.8. The fourth-order valence-electron chi connectivity index (χ4n) is 2.35. The first-order valence-corrected chi connectivity index (χ1v) is 8.67. The Hall–Kier alpha value is -2.84. The van der Waals surface area contributed by atoms with Crippen LogP contribution in [0.2, 0.25) is 0 Å². The highest BCUT2D eigenvalue weighted by atomic mass is 35.5. The van der Waals surface area contributed by atoms with Crippen molar-refractivity contribution in [1.29, 1.82) is 0 Å². The van der Waals surface area contributed by atoms with Crippen molar-refractivity contribution < 1.29 is 9.47 Å².